The van der Waals surface area contributed by atoms with Crippen LogP contribution in [0.2, 0.25) is 0 Å². The number of benzene rings is 1. The third kappa shape index (κ3) is 4.73. The molecule has 6 heteroatoms. The third-order valence-corrected chi connectivity index (χ3v) is 3.61. The molecule has 1 saturated heterocycles. The van der Waals surface area contributed by atoms with E-state index in [0.29, 0.717) is 0 Å². The van der Waals surface area contributed by atoms with Crippen LogP contribution in [0.3, 0.4) is 0 Å². The van der Waals surface area contributed by atoms with E-state index < -0.39 is 11.7 Å². The second-order valence-electron chi connectivity index (χ2n) is 4.95. The van der Waals surface area contributed by atoms with Crippen LogP contribution in [0, 0.1) is 0 Å². The Labute approximate surface area is 129 Å². The number of nitrogens with zero attached hydrogens (tertiary/aromatic N) is 1. The molecule has 1 aliphatic rings. The molecule has 0 unspecified atom stereocenters. The summed E-state index contributed by atoms with van der Waals surface area (Å²) in [5.74, 6) is 0. The molecule has 0 spiro atoms. The van der Waals surface area contributed by atoms with Crippen LogP contribution in [0.25, 0.3) is 0 Å². The fourth-order valence-corrected chi connectivity index (χ4v) is 2.54. The highest BCUT2D eigenvalue weighted by atomic mass is 35.5. The summed E-state index contributed by atoms with van der Waals surface area (Å²) < 4.78 is 37.8. The van der Waals surface area contributed by atoms with Crippen molar-refractivity contribution in [3.63, 3.8) is 0 Å². The Bertz CT molecular complexity index is 439. The van der Waals surface area contributed by atoms with Gasteiger partial charge in [-0.15, -0.1) is 19.0 Å². The van der Waals surface area contributed by atoms with Crippen molar-refractivity contribution in [2.45, 2.75) is 18.6 Å². The number of hydrogen-bond donors (Lipinski definition) is 1. The van der Waals surface area contributed by atoms with Crippen LogP contribution in [0.4, 0.5) is 13.2 Å². The van der Waals surface area contributed by atoms with Gasteiger partial charge >= 0.3 is 6.18 Å². The van der Waals surface area contributed by atoms with E-state index in [1.807, 2.05) is 6.08 Å². The number of alkyl halides is 3. The Balaban J connectivity index is 0.00000220. The lowest BCUT2D eigenvalue weighted by molar-refractivity contribution is -0.137. The van der Waals surface area contributed by atoms with Gasteiger partial charge in [-0.25, -0.2) is 0 Å². The molecule has 0 saturated carbocycles. The van der Waals surface area contributed by atoms with E-state index in [-0.39, 0.29) is 18.4 Å². The Kier molecular flexibility index (Phi) is 6.71. The third-order valence-electron chi connectivity index (χ3n) is 3.61. The molecule has 118 valence electrons. The first-order valence-corrected chi connectivity index (χ1v) is 6.75. The van der Waals surface area contributed by atoms with Gasteiger partial charge in [-0.3, -0.25) is 4.90 Å². The van der Waals surface area contributed by atoms with Crippen molar-refractivity contribution >= 4 is 12.4 Å². The summed E-state index contributed by atoms with van der Waals surface area (Å²) in [4.78, 5) is 2.29. The number of piperazine rings is 1. The van der Waals surface area contributed by atoms with Crippen LogP contribution in [0.15, 0.2) is 36.9 Å². The molecule has 1 aromatic rings. The van der Waals surface area contributed by atoms with Gasteiger partial charge in [-0.05, 0) is 24.1 Å². The molecule has 1 aromatic carbocycles. The highest BCUT2D eigenvalue weighted by Gasteiger charge is 2.30. The maximum atomic E-state index is 12.6. The van der Waals surface area contributed by atoms with Crippen LogP contribution >= 0.6 is 12.4 Å². The predicted molar refractivity (Wildman–Crippen MR) is 80.7 cm³/mol. The number of rotatable bonds is 4. The van der Waals surface area contributed by atoms with Crippen LogP contribution in [-0.4, -0.2) is 31.1 Å². The fourth-order valence-electron chi connectivity index (χ4n) is 2.54. The summed E-state index contributed by atoms with van der Waals surface area (Å²) in [7, 11) is 0. The first kappa shape index (κ1) is 18.0. The molecule has 1 atom stereocenters. The molecule has 0 aromatic heterocycles. The van der Waals surface area contributed by atoms with Gasteiger partial charge in [0.05, 0.1) is 5.56 Å². The normalized spacial score (nSPS) is 17.9. The maximum Gasteiger partial charge on any atom is 0.416 e. The predicted octanol–water partition coefficient (Wildman–Crippen LogP) is 3.65. The topological polar surface area (TPSA) is 15.3 Å². The van der Waals surface area contributed by atoms with E-state index in [1.54, 1.807) is 12.1 Å². The Morgan fingerprint density at radius 1 is 1.19 bits per heavy atom. The van der Waals surface area contributed by atoms with Gasteiger partial charge in [0.2, 0.25) is 0 Å². The summed E-state index contributed by atoms with van der Waals surface area (Å²) in [6.45, 7) is 7.38. The average Bonchev–Trinajstić information content (AvgIpc) is 2.45. The smallest absolute Gasteiger partial charge is 0.314 e. The molecule has 0 radical (unpaired) electrons. The van der Waals surface area contributed by atoms with Gasteiger partial charge in [-0.1, -0.05) is 18.2 Å². The summed E-state index contributed by atoms with van der Waals surface area (Å²) in [6.07, 6.45) is -1.71. The lowest BCUT2D eigenvalue weighted by Crippen LogP contribution is -2.45. The molecule has 1 N–H and O–H groups in total. The van der Waals surface area contributed by atoms with Crippen molar-refractivity contribution in [3.05, 3.63) is 48.0 Å². The number of halogens is 4. The van der Waals surface area contributed by atoms with Gasteiger partial charge in [0.25, 0.3) is 0 Å². The standard InChI is InChI=1S/C15H19F3N2.ClH/c1-2-3-14(20-10-8-19-9-11-20)12-4-6-13(7-5-12)15(16,17)18;/h2,4-7,14,19H,1,3,8-11H2;1H/t14-;/m0./s1. The van der Waals surface area contributed by atoms with E-state index in [0.717, 1.165) is 50.3 Å². The molecule has 0 bridgehead atoms. The van der Waals surface area contributed by atoms with E-state index in [9.17, 15) is 13.2 Å². The minimum Gasteiger partial charge on any atom is -0.314 e. The van der Waals surface area contributed by atoms with Gasteiger partial charge in [0.1, 0.15) is 0 Å². The van der Waals surface area contributed by atoms with Crippen LogP contribution < -0.4 is 5.32 Å². The first-order chi connectivity index (χ1) is 9.52. The summed E-state index contributed by atoms with van der Waals surface area (Å²) in [5.41, 5.74) is 0.318. The van der Waals surface area contributed by atoms with Gasteiger partial charge < -0.3 is 5.32 Å². The minimum absolute atomic E-state index is 0. The fraction of sp³-hybridized carbons (Fsp3) is 0.467. The molecular weight excluding hydrogens is 301 g/mol. The van der Waals surface area contributed by atoms with Crippen molar-refractivity contribution in [1.29, 1.82) is 0 Å². The molecule has 1 fully saturated rings. The van der Waals surface area contributed by atoms with Crippen molar-refractivity contribution in [3.8, 4) is 0 Å². The highest BCUT2D eigenvalue weighted by molar-refractivity contribution is 5.85. The maximum absolute atomic E-state index is 12.6. The average molecular weight is 321 g/mol. The zero-order valence-corrected chi connectivity index (χ0v) is 12.5. The molecule has 0 amide bonds. The number of nitrogens with one attached hydrogen (secondary N) is 1. The zero-order valence-electron chi connectivity index (χ0n) is 11.7. The summed E-state index contributed by atoms with van der Waals surface area (Å²) >= 11 is 0. The van der Waals surface area contributed by atoms with Gasteiger partial charge in [0, 0.05) is 32.2 Å². The molecule has 2 rings (SSSR count). The number of hydrogen-bond acceptors (Lipinski definition) is 2. The molecule has 2 nitrogen and oxygen atoms in total. The Morgan fingerprint density at radius 3 is 2.24 bits per heavy atom. The van der Waals surface area contributed by atoms with Crippen molar-refractivity contribution in [2.75, 3.05) is 26.2 Å². The molecule has 1 heterocycles. The SMILES string of the molecule is C=CC[C@@H](c1ccc(C(F)(F)F)cc1)N1CCNCC1.Cl. The Morgan fingerprint density at radius 2 is 1.76 bits per heavy atom. The lowest BCUT2D eigenvalue weighted by Gasteiger charge is -2.35. The highest BCUT2D eigenvalue weighted by Crippen LogP contribution is 2.31. The monoisotopic (exact) mass is 320 g/mol. The van der Waals surface area contributed by atoms with E-state index in [4.69, 9.17) is 0 Å². The van der Waals surface area contributed by atoms with Gasteiger partial charge in [-0.2, -0.15) is 13.2 Å². The van der Waals surface area contributed by atoms with Crippen LogP contribution in [0.1, 0.15) is 23.6 Å². The van der Waals surface area contributed by atoms with E-state index in [2.05, 4.69) is 16.8 Å². The molecule has 1 aliphatic heterocycles. The van der Waals surface area contributed by atoms with E-state index >= 15 is 0 Å². The quantitative estimate of drug-likeness (QED) is 0.852. The van der Waals surface area contributed by atoms with Crippen molar-refractivity contribution < 1.29 is 13.2 Å². The van der Waals surface area contributed by atoms with Crippen LogP contribution in [-0.2, 0) is 6.18 Å². The largest absolute Gasteiger partial charge is 0.416 e. The summed E-state index contributed by atoms with van der Waals surface area (Å²) in [5, 5.41) is 3.28. The van der Waals surface area contributed by atoms with E-state index in [1.165, 1.54) is 0 Å². The van der Waals surface area contributed by atoms with Gasteiger partial charge in [0.15, 0.2) is 0 Å². The zero-order chi connectivity index (χ0) is 14.6. The van der Waals surface area contributed by atoms with Crippen molar-refractivity contribution in [2.24, 2.45) is 0 Å². The first-order valence-electron chi connectivity index (χ1n) is 6.75. The summed E-state index contributed by atoms with van der Waals surface area (Å²) in [6, 6.07) is 5.59. The minimum atomic E-state index is -4.28. The van der Waals surface area contributed by atoms with Crippen molar-refractivity contribution in [1.82, 2.24) is 10.2 Å². The second kappa shape index (κ2) is 7.82. The lowest BCUT2D eigenvalue weighted by atomic mass is 9.99. The molecule has 0 aliphatic carbocycles. The van der Waals surface area contributed by atoms with Crippen LogP contribution in [0.5, 0.6) is 0 Å². The molecular formula is C15H20ClF3N2. The second-order valence-corrected chi connectivity index (χ2v) is 4.95. The Hall–Kier alpha value is -1.04. The molecule has 21 heavy (non-hydrogen) atoms.